The topological polar surface area (TPSA) is 86.7 Å². The second-order valence-corrected chi connectivity index (χ2v) is 4.99. The maximum atomic E-state index is 11.6. The lowest BCUT2D eigenvalue weighted by Gasteiger charge is -2.38. The van der Waals surface area contributed by atoms with E-state index in [9.17, 15) is 19.5 Å². The highest BCUT2D eigenvalue weighted by Crippen LogP contribution is 2.33. The SMILES string of the molecule is O=C1CNC(=O)N1C1(C(=O)O)CCCSC1. The molecule has 2 aliphatic heterocycles. The van der Waals surface area contributed by atoms with E-state index in [0.717, 1.165) is 10.7 Å². The molecule has 0 aromatic heterocycles. The summed E-state index contributed by atoms with van der Waals surface area (Å²) < 4.78 is 0. The fourth-order valence-corrected chi connectivity index (χ4v) is 3.30. The van der Waals surface area contributed by atoms with Crippen LogP contribution in [0.1, 0.15) is 12.8 Å². The summed E-state index contributed by atoms with van der Waals surface area (Å²) in [6, 6.07) is -0.588. The first-order valence-corrected chi connectivity index (χ1v) is 6.15. The fraction of sp³-hybridized carbons (Fsp3) is 0.667. The summed E-state index contributed by atoms with van der Waals surface area (Å²) in [5, 5.41) is 11.7. The number of nitrogens with one attached hydrogen (secondary N) is 1. The van der Waals surface area contributed by atoms with Crippen molar-refractivity contribution in [3.8, 4) is 0 Å². The van der Waals surface area contributed by atoms with Gasteiger partial charge in [-0.3, -0.25) is 4.79 Å². The van der Waals surface area contributed by atoms with Gasteiger partial charge in [-0.1, -0.05) is 0 Å². The van der Waals surface area contributed by atoms with Crippen molar-refractivity contribution in [2.24, 2.45) is 0 Å². The third-order valence-corrected chi connectivity index (χ3v) is 4.15. The third kappa shape index (κ3) is 1.55. The number of nitrogens with zero attached hydrogens (tertiary/aromatic N) is 1. The van der Waals surface area contributed by atoms with Gasteiger partial charge in [0.15, 0.2) is 5.54 Å². The molecule has 0 aromatic rings. The smallest absolute Gasteiger partial charge is 0.331 e. The predicted octanol–water partition coefficient (Wildman–Crippen LogP) is -0.111. The summed E-state index contributed by atoms with van der Waals surface area (Å²) >= 11 is 1.47. The van der Waals surface area contributed by atoms with Crippen LogP contribution in [0.4, 0.5) is 4.79 Å². The van der Waals surface area contributed by atoms with Gasteiger partial charge in [0.1, 0.15) is 0 Å². The largest absolute Gasteiger partial charge is 0.479 e. The Hall–Kier alpha value is -1.24. The van der Waals surface area contributed by atoms with Crippen LogP contribution >= 0.6 is 11.8 Å². The van der Waals surface area contributed by atoms with Gasteiger partial charge in [0, 0.05) is 5.75 Å². The summed E-state index contributed by atoms with van der Waals surface area (Å²) in [7, 11) is 0. The third-order valence-electron chi connectivity index (χ3n) is 2.89. The lowest BCUT2D eigenvalue weighted by atomic mass is 9.93. The molecule has 2 saturated heterocycles. The first kappa shape index (κ1) is 11.3. The molecule has 0 bridgehead atoms. The van der Waals surface area contributed by atoms with E-state index < -0.39 is 23.4 Å². The van der Waals surface area contributed by atoms with Crippen molar-refractivity contribution in [2.75, 3.05) is 18.1 Å². The van der Waals surface area contributed by atoms with E-state index >= 15 is 0 Å². The summed E-state index contributed by atoms with van der Waals surface area (Å²) in [5.41, 5.74) is -1.35. The van der Waals surface area contributed by atoms with Crippen LogP contribution in [0.3, 0.4) is 0 Å². The highest BCUT2D eigenvalue weighted by atomic mass is 32.2. The van der Waals surface area contributed by atoms with E-state index in [1.54, 1.807) is 0 Å². The van der Waals surface area contributed by atoms with Gasteiger partial charge in [0.05, 0.1) is 6.54 Å². The molecule has 1 unspecified atom stereocenters. The minimum absolute atomic E-state index is 0.0987. The average molecular weight is 244 g/mol. The Labute approximate surface area is 96.4 Å². The van der Waals surface area contributed by atoms with Crippen molar-refractivity contribution in [1.29, 1.82) is 0 Å². The predicted molar refractivity (Wildman–Crippen MR) is 57.2 cm³/mol. The van der Waals surface area contributed by atoms with E-state index in [1.807, 2.05) is 0 Å². The zero-order valence-electron chi connectivity index (χ0n) is 8.56. The van der Waals surface area contributed by atoms with Gasteiger partial charge in [0.2, 0.25) is 0 Å². The lowest BCUT2D eigenvalue weighted by Crippen LogP contribution is -2.60. The van der Waals surface area contributed by atoms with Crippen LogP contribution in [0.15, 0.2) is 0 Å². The average Bonchev–Trinajstić information content (AvgIpc) is 2.60. The molecule has 6 nitrogen and oxygen atoms in total. The number of carbonyl (C=O) groups excluding carboxylic acids is 2. The van der Waals surface area contributed by atoms with Crippen LogP contribution in [0.2, 0.25) is 0 Å². The van der Waals surface area contributed by atoms with E-state index in [4.69, 9.17) is 0 Å². The van der Waals surface area contributed by atoms with Gasteiger partial charge in [-0.25, -0.2) is 14.5 Å². The molecule has 1 atom stereocenters. The summed E-state index contributed by atoms with van der Waals surface area (Å²) in [6.45, 7) is -0.0987. The van der Waals surface area contributed by atoms with Crippen LogP contribution < -0.4 is 5.32 Å². The van der Waals surface area contributed by atoms with Crippen molar-refractivity contribution in [3.05, 3.63) is 0 Å². The van der Waals surface area contributed by atoms with Crippen molar-refractivity contribution < 1.29 is 19.5 Å². The molecule has 2 heterocycles. The van der Waals surface area contributed by atoms with Gasteiger partial charge in [-0.2, -0.15) is 11.8 Å². The number of carbonyl (C=O) groups is 3. The monoisotopic (exact) mass is 244 g/mol. The molecule has 88 valence electrons. The highest BCUT2D eigenvalue weighted by molar-refractivity contribution is 7.99. The molecule has 2 aliphatic rings. The Kier molecular flexibility index (Phi) is 2.79. The second kappa shape index (κ2) is 3.97. The zero-order valence-corrected chi connectivity index (χ0v) is 9.38. The Morgan fingerprint density at radius 1 is 1.50 bits per heavy atom. The number of imide groups is 1. The molecular formula is C9H12N2O4S. The molecule has 2 N–H and O–H groups in total. The molecule has 0 radical (unpaired) electrons. The van der Waals surface area contributed by atoms with Gasteiger partial charge in [-0.05, 0) is 18.6 Å². The van der Waals surface area contributed by atoms with Crippen molar-refractivity contribution in [1.82, 2.24) is 10.2 Å². The van der Waals surface area contributed by atoms with Gasteiger partial charge < -0.3 is 10.4 Å². The van der Waals surface area contributed by atoms with Crippen molar-refractivity contribution in [2.45, 2.75) is 18.4 Å². The van der Waals surface area contributed by atoms with Gasteiger partial charge in [-0.15, -0.1) is 0 Å². The normalized spacial score (nSPS) is 30.4. The Morgan fingerprint density at radius 3 is 2.69 bits per heavy atom. The Bertz CT molecular complexity index is 335. The zero-order chi connectivity index (χ0) is 11.8. The quantitative estimate of drug-likeness (QED) is 0.662. The van der Waals surface area contributed by atoms with Crippen molar-refractivity contribution >= 4 is 29.7 Å². The number of carboxylic acids is 1. The maximum Gasteiger partial charge on any atom is 0.331 e. The van der Waals surface area contributed by atoms with Crippen LogP contribution in [0, 0.1) is 0 Å². The molecule has 0 aliphatic carbocycles. The number of thioether (sulfide) groups is 1. The number of aliphatic carboxylic acids is 1. The summed E-state index contributed by atoms with van der Waals surface area (Å²) in [4.78, 5) is 35.3. The second-order valence-electron chi connectivity index (χ2n) is 3.88. The number of carboxylic acid groups (broad SMARTS) is 1. The maximum absolute atomic E-state index is 11.6. The highest BCUT2D eigenvalue weighted by Gasteiger charge is 2.52. The molecule has 0 saturated carbocycles. The Balaban J connectivity index is 2.34. The number of urea groups is 1. The minimum atomic E-state index is -1.35. The van der Waals surface area contributed by atoms with Gasteiger partial charge >= 0.3 is 12.0 Å². The van der Waals surface area contributed by atoms with Crippen molar-refractivity contribution in [3.63, 3.8) is 0 Å². The number of hydrogen-bond donors (Lipinski definition) is 2. The molecule has 7 heteroatoms. The molecule has 16 heavy (non-hydrogen) atoms. The fourth-order valence-electron chi connectivity index (χ4n) is 2.08. The van der Waals surface area contributed by atoms with Crippen LogP contribution in [-0.2, 0) is 9.59 Å². The number of hydrogen-bond acceptors (Lipinski definition) is 4. The van der Waals surface area contributed by atoms with Crippen LogP contribution in [0.25, 0.3) is 0 Å². The van der Waals surface area contributed by atoms with E-state index in [1.165, 1.54) is 11.8 Å². The number of amides is 3. The summed E-state index contributed by atoms with van der Waals surface area (Å²) in [5.74, 6) is -0.389. The molecule has 0 aromatic carbocycles. The first-order valence-electron chi connectivity index (χ1n) is 5.00. The van der Waals surface area contributed by atoms with E-state index in [-0.39, 0.29) is 12.3 Å². The van der Waals surface area contributed by atoms with Crippen LogP contribution in [0.5, 0.6) is 0 Å². The molecule has 0 spiro atoms. The standard InChI is InChI=1S/C9H12N2O4S/c12-6-4-10-8(15)11(6)9(7(13)14)2-1-3-16-5-9/h1-5H2,(H,10,15)(H,13,14). The van der Waals surface area contributed by atoms with Crippen LogP contribution in [-0.4, -0.2) is 51.5 Å². The first-order chi connectivity index (χ1) is 7.58. The molecular weight excluding hydrogens is 232 g/mol. The van der Waals surface area contributed by atoms with E-state index in [2.05, 4.69) is 5.32 Å². The number of rotatable bonds is 2. The Morgan fingerprint density at radius 2 is 2.25 bits per heavy atom. The minimum Gasteiger partial charge on any atom is -0.479 e. The molecule has 2 fully saturated rings. The summed E-state index contributed by atoms with van der Waals surface area (Å²) in [6.07, 6.45) is 1.04. The van der Waals surface area contributed by atoms with Gasteiger partial charge in [0.25, 0.3) is 5.91 Å². The molecule has 3 amide bonds. The lowest BCUT2D eigenvalue weighted by molar-refractivity contribution is -0.153. The molecule has 2 rings (SSSR count). The van der Waals surface area contributed by atoms with E-state index in [0.29, 0.717) is 12.8 Å².